The minimum absolute atomic E-state index is 0.419. The Bertz CT molecular complexity index is 164. The van der Waals surface area contributed by atoms with E-state index < -0.39 is 0 Å². The van der Waals surface area contributed by atoms with Gasteiger partial charge in [0, 0.05) is 31.2 Å². The lowest BCUT2D eigenvalue weighted by Gasteiger charge is -2.48. The van der Waals surface area contributed by atoms with E-state index in [1.54, 1.807) is 0 Å². The first kappa shape index (κ1) is 12.0. The van der Waals surface area contributed by atoms with Gasteiger partial charge in [-0.15, -0.1) is 0 Å². The summed E-state index contributed by atoms with van der Waals surface area (Å²) in [4.78, 5) is 2.73. The summed E-state index contributed by atoms with van der Waals surface area (Å²) in [7, 11) is 0. The predicted octanol–water partition coefficient (Wildman–Crippen LogP) is 2.25. The zero-order valence-electron chi connectivity index (χ0n) is 10.3. The highest BCUT2D eigenvalue weighted by Crippen LogP contribution is 2.27. The number of nitrogens with one attached hydrogen (secondary N) is 1. The fourth-order valence-electron chi connectivity index (χ4n) is 2.49. The van der Waals surface area contributed by atoms with Crippen LogP contribution < -0.4 is 5.32 Å². The summed E-state index contributed by atoms with van der Waals surface area (Å²) in [5.41, 5.74) is 0.419. The van der Waals surface area contributed by atoms with Crippen LogP contribution >= 0.6 is 0 Å². The highest BCUT2D eigenvalue weighted by molar-refractivity contribution is 4.91. The second-order valence-electron chi connectivity index (χ2n) is 4.66. The van der Waals surface area contributed by atoms with Crippen molar-refractivity contribution in [1.82, 2.24) is 10.2 Å². The lowest BCUT2D eigenvalue weighted by Crippen LogP contribution is -2.59. The number of rotatable bonds is 4. The van der Waals surface area contributed by atoms with Crippen molar-refractivity contribution in [3.63, 3.8) is 0 Å². The molecule has 0 aromatic carbocycles. The third-order valence-corrected chi connectivity index (χ3v) is 4.04. The van der Waals surface area contributed by atoms with Crippen molar-refractivity contribution in [3.05, 3.63) is 0 Å². The van der Waals surface area contributed by atoms with Gasteiger partial charge in [0.2, 0.25) is 0 Å². The van der Waals surface area contributed by atoms with Gasteiger partial charge in [0.15, 0.2) is 0 Å². The van der Waals surface area contributed by atoms with Gasteiger partial charge in [-0.3, -0.25) is 4.90 Å². The SMILES string of the molecule is CCC1CNCCN1C(C)(CC)CC. The Morgan fingerprint density at radius 2 is 1.93 bits per heavy atom. The molecule has 0 aromatic rings. The maximum Gasteiger partial charge on any atom is 0.0223 e. The van der Waals surface area contributed by atoms with Crippen LogP contribution in [0, 0.1) is 0 Å². The molecule has 1 heterocycles. The molecule has 0 radical (unpaired) electrons. The Balaban J connectivity index is 2.70. The standard InChI is InChI=1S/C12H26N2/c1-5-11-10-13-8-9-14(11)12(4,6-2)7-3/h11,13H,5-10H2,1-4H3. The average Bonchev–Trinajstić information content (AvgIpc) is 2.28. The summed E-state index contributed by atoms with van der Waals surface area (Å²) < 4.78 is 0. The normalized spacial score (nSPS) is 25.3. The quantitative estimate of drug-likeness (QED) is 0.745. The lowest BCUT2D eigenvalue weighted by atomic mass is 9.90. The van der Waals surface area contributed by atoms with Crippen molar-refractivity contribution >= 4 is 0 Å². The summed E-state index contributed by atoms with van der Waals surface area (Å²) >= 11 is 0. The predicted molar refractivity (Wildman–Crippen MR) is 62.6 cm³/mol. The van der Waals surface area contributed by atoms with Crippen LogP contribution in [-0.2, 0) is 0 Å². The van der Waals surface area contributed by atoms with Crippen molar-refractivity contribution in [1.29, 1.82) is 0 Å². The Kier molecular flexibility index (Phi) is 4.39. The maximum absolute atomic E-state index is 3.49. The molecule has 0 bridgehead atoms. The van der Waals surface area contributed by atoms with Crippen LogP contribution in [-0.4, -0.2) is 36.1 Å². The first-order valence-electron chi connectivity index (χ1n) is 6.15. The zero-order valence-corrected chi connectivity index (χ0v) is 10.3. The van der Waals surface area contributed by atoms with Crippen LogP contribution in [0.3, 0.4) is 0 Å². The number of nitrogens with zero attached hydrogens (tertiary/aromatic N) is 1. The molecule has 2 heteroatoms. The first-order chi connectivity index (χ1) is 6.68. The van der Waals surface area contributed by atoms with Gasteiger partial charge in [-0.2, -0.15) is 0 Å². The molecule has 1 atom stereocenters. The van der Waals surface area contributed by atoms with E-state index in [2.05, 4.69) is 37.9 Å². The van der Waals surface area contributed by atoms with E-state index in [9.17, 15) is 0 Å². The molecule has 1 saturated heterocycles. The van der Waals surface area contributed by atoms with E-state index in [-0.39, 0.29) is 0 Å². The van der Waals surface area contributed by atoms with Gasteiger partial charge in [-0.05, 0) is 26.2 Å². The molecule has 0 spiro atoms. The molecule has 1 aliphatic rings. The monoisotopic (exact) mass is 198 g/mol. The van der Waals surface area contributed by atoms with Crippen LogP contribution in [0.25, 0.3) is 0 Å². The van der Waals surface area contributed by atoms with Crippen molar-refractivity contribution in [3.8, 4) is 0 Å². The highest BCUT2D eigenvalue weighted by atomic mass is 15.3. The molecule has 0 amide bonds. The van der Waals surface area contributed by atoms with Crippen LogP contribution in [0.4, 0.5) is 0 Å². The van der Waals surface area contributed by atoms with E-state index in [4.69, 9.17) is 0 Å². The van der Waals surface area contributed by atoms with Crippen LogP contribution in [0.1, 0.15) is 47.0 Å². The van der Waals surface area contributed by atoms with Crippen LogP contribution in [0.5, 0.6) is 0 Å². The van der Waals surface area contributed by atoms with Crippen molar-refractivity contribution in [2.75, 3.05) is 19.6 Å². The second-order valence-corrected chi connectivity index (χ2v) is 4.66. The fourth-order valence-corrected chi connectivity index (χ4v) is 2.49. The Hall–Kier alpha value is -0.0800. The van der Waals surface area contributed by atoms with Gasteiger partial charge in [-0.25, -0.2) is 0 Å². The Morgan fingerprint density at radius 1 is 1.29 bits per heavy atom. The lowest BCUT2D eigenvalue weighted by molar-refractivity contribution is 0.0293. The third kappa shape index (κ3) is 2.29. The highest BCUT2D eigenvalue weighted by Gasteiger charge is 2.34. The largest absolute Gasteiger partial charge is 0.314 e. The van der Waals surface area contributed by atoms with E-state index in [0.717, 1.165) is 12.6 Å². The third-order valence-electron chi connectivity index (χ3n) is 4.04. The van der Waals surface area contributed by atoms with Crippen molar-refractivity contribution < 1.29 is 0 Å². The molecule has 14 heavy (non-hydrogen) atoms. The van der Waals surface area contributed by atoms with Gasteiger partial charge in [0.05, 0.1) is 0 Å². The van der Waals surface area contributed by atoms with Gasteiger partial charge in [-0.1, -0.05) is 20.8 Å². The second kappa shape index (κ2) is 5.13. The number of hydrogen-bond donors (Lipinski definition) is 1. The molecule has 2 nitrogen and oxygen atoms in total. The van der Waals surface area contributed by atoms with Crippen LogP contribution in [0.2, 0.25) is 0 Å². The first-order valence-corrected chi connectivity index (χ1v) is 6.15. The smallest absolute Gasteiger partial charge is 0.0223 e. The zero-order chi connectivity index (χ0) is 10.6. The molecule has 1 N–H and O–H groups in total. The molecule has 1 aliphatic heterocycles. The molecule has 1 unspecified atom stereocenters. The van der Waals surface area contributed by atoms with Crippen molar-refractivity contribution in [2.24, 2.45) is 0 Å². The molecule has 1 fully saturated rings. The minimum Gasteiger partial charge on any atom is -0.314 e. The maximum atomic E-state index is 3.49. The summed E-state index contributed by atoms with van der Waals surface area (Å²) in [6, 6.07) is 0.744. The number of piperazine rings is 1. The Morgan fingerprint density at radius 3 is 2.43 bits per heavy atom. The van der Waals surface area contributed by atoms with Gasteiger partial charge in [0.1, 0.15) is 0 Å². The van der Waals surface area contributed by atoms with E-state index in [1.165, 1.54) is 32.4 Å². The molecular weight excluding hydrogens is 172 g/mol. The molecular formula is C12H26N2. The van der Waals surface area contributed by atoms with Gasteiger partial charge >= 0.3 is 0 Å². The molecule has 84 valence electrons. The van der Waals surface area contributed by atoms with E-state index >= 15 is 0 Å². The average molecular weight is 198 g/mol. The topological polar surface area (TPSA) is 15.3 Å². The Labute approximate surface area is 89.1 Å². The number of hydrogen-bond acceptors (Lipinski definition) is 2. The summed E-state index contributed by atoms with van der Waals surface area (Å²) in [6.45, 7) is 12.9. The van der Waals surface area contributed by atoms with Crippen LogP contribution in [0.15, 0.2) is 0 Å². The van der Waals surface area contributed by atoms with Gasteiger partial charge in [0.25, 0.3) is 0 Å². The van der Waals surface area contributed by atoms with E-state index in [0.29, 0.717) is 5.54 Å². The van der Waals surface area contributed by atoms with Crippen molar-refractivity contribution in [2.45, 2.75) is 58.5 Å². The van der Waals surface area contributed by atoms with Gasteiger partial charge < -0.3 is 5.32 Å². The molecule has 1 rings (SSSR count). The molecule has 0 saturated carbocycles. The summed E-state index contributed by atoms with van der Waals surface area (Å²) in [6.07, 6.45) is 3.79. The molecule has 0 aliphatic carbocycles. The minimum atomic E-state index is 0.419. The summed E-state index contributed by atoms with van der Waals surface area (Å²) in [5, 5.41) is 3.49. The fraction of sp³-hybridized carbons (Fsp3) is 1.00. The summed E-state index contributed by atoms with van der Waals surface area (Å²) in [5.74, 6) is 0. The van der Waals surface area contributed by atoms with E-state index in [1.807, 2.05) is 0 Å². The molecule has 0 aromatic heterocycles.